The number of thiazole rings is 1. The van der Waals surface area contributed by atoms with E-state index in [1.54, 1.807) is 28.4 Å². The maximum atomic E-state index is 13.3. The van der Waals surface area contributed by atoms with Gasteiger partial charge in [0.15, 0.2) is 0 Å². The third-order valence-corrected chi connectivity index (χ3v) is 10.2. The number of carbonyl (C=O) groups is 4. The molecule has 5 heterocycles. The Morgan fingerprint density at radius 1 is 1.00 bits per heavy atom. The number of aryl methyl sites for hydroxylation is 2. The minimum Gasteiger partial charge on any atom is -0.475 e. The lowest BCUT2D eigenvalue weighted by atomic mass is 9.89. The van der Waals surface area contributed by atoms with Crippen LogP contribution in [-0.2, 0) is 43.2 Å². The van der Waals surface area contributed by atoms with Gasteiger partial charge in [0.1, 0.15) is 11.6 Å². The van der Waals surface area contributed by atoms with E-state index in [1.807, 2.05) is 13.8 Å². The molecule has 50 heavy (non-hydrogen) atoms. The summed E-state index contributed by atoms with van der Waals surface area (Å²) in [5.41, 5.74) is 16.1. The molecule has 6 rings (SSSR count). The predicted molar refractivity (Wildman–Crippen MR) is 192 cm³/mol. The van der Waals surface area contributed by atoms with Gasteiger partial charge in [-0.05, 0) is 78.5 Å². The van der Waals surface area contributed by atoms with Crippen LogP contribution in [0.3, 0.4) is 0 Å². The zero-order valence-electron chi connectivity index (χ0n) is 28.5. The topological polar surface area (TPSA) is 204 Å². The van der Waals surface area contributed by atoms with Crippen LogP contribution >= 0.6 is 11.3 Å². The van der Waals surface area contributed by atoms with Crippen LogP contribution in [-0.4, -0.2) is 68.3 Å². The molecular formula is C36H43N7O6S. The first kappa shape index (κ1) is 36.3. The number of carboxylic acid groups (broad SMARTS) is 1. The number of benzene rings is 1. The summed E-state index contributed by atoms with van der Waals surface area (Å²) in [5, 5.41) is 12.3. The minimum atomic E-state index is -1.43. The number of carboxylic acids is 1. The average Bonchev–Trinajstić information content (AvgIpc) is 3.80. The van der Waals surface area contributed by atoms with Crippen LogP contribution in [0.4, 0.5) is 17.3 Å². The number of amides is 2. The van der Waals surface area contributed by atoms with Crippen LogP contribution in [0.5, 0.6) is 0 Å². The monoisotopic (exact) mass is 701 g/mol. The van der Waals surface area contributed by atoms with Crippen molar-refractivity contribution in [2.45, 2.75) is 71.3 Å². The van der Waals surface area contributed by atoms with Crippen LogP contribution in [0.15, 0.2) is 42.7 Å². The second kappa shape index (κ2) is 16.2. The molecule has 3 aromatic heterocycles. The molecule has 2 aliphatic heterocycles. The highest BCUT2D eigenvalue weighted by Crippen LogP contribution is 2.37. The molecule has 264 valence electrons. The number of ether oxygens (including phenoxy) is 1. The first-order valence-electron chi connectivity index (χ1n) is 16.8. The Balaban J connectivity index is 0.000000273. The second-order valence-corrected chi connectivity index (χ2v) is 13.8. The SMILES string of the molecule is CCc1cc(CC(=O)C(=O)O)cnc1N.CCc1cc(NC(=O)C(=O)N2C[C@@H](C)CC[C@@H]2c2ccc3sc(C4CCOC4)nc3c2)cnc1N. The number of hydrogen-bond acceptors (Lipinski definition) is 11. The van der Waals surface area contributed by atoms with Crippen molar-refractivity contribution in [1.82, 2.24) is 19.9 Å². The molecule has 3 atom stereocenters. The van der Waals surface area contributed by atoms with Gasteiger partial charge in [-0.25, -0.2) is 19.7 Å². The normalized spacial score (nSPS) is 18.7. The molecule has 0 bridgehead atoms. The van der Waals surface area contributed by atoms with E-state index in [4.69, 9.17) is 26.3 Å². The molecule has 2 saturated heterocycles. The molecule has 1 aromatic carbocycles. The van der Waals surface area contributed by atoms with Crippen LogP contribution < -0.4 is 16.8 Å². The summed E-state index contributed by atoms with van der Waals surface area (Å²) in [7, 11) is 0. The number of aliphatic carboxylic acids is 1. The zero-order valence-corrected chi connectivity index (χ0v) is 29.3. The van der Waals surface area contributed by atoms with Crippen LogP contribution in [0.2, 0.25) is 0 Å². The summed E-state index contributed by atoms with van der Waals surface area (Å²) < 4.78 is 6.67. The van der Waals surface area contributed by atoms with E-state index < -0.39 is 23.6 Å². The Bertz CT molecular complexity index is 1890. The maximum Gasteiger partial charge on any atom is 0.372 e. The number of likely N-dealkylation sites (tertiary alicyclic amines) is 1. The fourth-order valence-electron chi connectivity index (χ4n) is 6.20. The van der Waals surface area contributed by atoms with Gasteiger partial charge in [0.25, 0.3) is 0 Å². The number of Topliss-reactive ketones (excluding diaryl/α,β-unsaturated/α-hetero) is 1. The number of anilines is 3. The third kappa shape index (κ3) is 8.61. The van der Waals surface area contributed by atoms with Crippen molar-refractivity contribution in [3.8, 4) is 0 Å². The summed E-state index contributed by atoms with van der Waals surface area (Å²) in [4.78, 5) is 62.2. The number of fused-ring (bicyclic) bond motifs is 1. The molecule has 4 aromatic rings. The van der Waals surface area contributed by atoms with Gasteiger partial charge in [-0.15, -0.1) is 11.3 Å². The summed E-state index contributed by atoms with van der Waals surface area (Å²) in [5.74, 6) is -1.91. The molecule has 2 aliphatic rings. The number of hydrogen-bond donors (Lipinski definition) is 4. The van der Waals surface area contributed by atoms with Gasteiger partial charge in [-0.3, -0.25) is 14.4 Å². The van der Waals surface area contributed by atoms with Crippen LogP contribution in [0, 0.1) is 5.92 Å². The highest BCUT2D eigenvalue weighted by atomic mass is 32.1. The Kier molecular flexibility index (Phi) is 11.8. The molecule has 0 spiro atoms. The number of nitrogens with one attached hydrogen (secondary N) is 1. The third-order valence-electron chi connectivity index (χ3n) is 9.05. The van der Waals surface area contributed by atoms with E-state index in [2.05, 4.69) is 40.4 Å². The summed E-state index contributed by atoms with van der Waals surface area (Å²) >= 11 is 1.72. The van der Waals surface area contributed by atoms with Crippen molar-refractivity contribution in [3.05, 3.63) is 70.0 Å². The first-order valence-corrected chi connectivity index (χ1v) is 17.6. The average molecular weight is 702 g/mol. The van der Waals surface area contributed by atoms with Gasteiger partial charge < -0.3 is 31.5 Å². The molecule has 0 saturated carbocycles. The molecule has 1 unspecified atom stereocenters. The summed E-state index contributed by atoms with van der Waals surface area (Å²) in [6, 6.07) is 9.57. The lowest BCUT2D eigenvalue weighted by Crippen LogP contribution is -2.46. The van der Waals surface area contributed by atoms with Crippen molar-refractivity contribution >= 4 is 62.4 Å². The van der Waals surface area contributed by atoms with E-state index in [-0.39, 0.29) is 12.5 Å². The first-order chi connectivity index (χ1) is 24.0. The lowest BCUT2D eigenvalue weighted by Gasteiger charge is -2.38. The van der Waals surface area contributed by atoms with Crippen molar-refractivity contribution in [3.63, 3.8) is 0 Å². The van der Waals surface area contributed by atoms with Gasteiger partial charge >= 0.3 is 17.8 Å². The molecule has 6 N–H and O–H groups in total. The largest absolute Gasteiger partial charge is 0.475 e. The number of nitrogens with zero attached hydrogens (tertiary/aromatic N) is 4. The zero-order chi connectivity index (χ0) is 35.9. The van der Waals surface area contributed by atoms with Gasteiger partial charge in [0, 0.05) is 31.7 Å². The smallest absolute Gasteiger partial charge is 0.372 e. The van der Waals surface area contributed by atoms with Gasteiger partial charge in [-0.2, -0.15) is 0 Å². The summed E-state index contributed by atoms with van der Waals surface area (Å²) in [6.45, 7) is 8.05. The fourth-order valence-corrected chi connectivity index (χ4v) is 7.26. The molecular weight excluding hydrogens is 659 g/mol. The van der Waals surface area contributed by atoms with Crippen molar-refractivity contribution < 1.29 is 29.0 Å². The predicted octanol–water partition coefficient (Wildman–Crippen LogP) is 4.70. The number of nitrogens with two attached hydrogens (primary N) is 2. The molecule has 14 heteroatoms. The fraction of sp³-hybridized carbons (Fsp3) is 0.417. The molecule has 2 fully saturated rings. The number of aromatic nitrogens is 3. The van der Waals surface area contributed by atoms with Crippen molar-refractivity contribution in [2.75, 3.05) is 36.5 Å². The quantitative estimate of drug-likeness (QED) is 0.185. The molecule has 0 aliphatic carbocycles. The second-order valence-electron chi connectivity index (χ2n) is 12.7. The van der Waals surface area contributed by atoms with Crippen molar-refractivity contribution in [1.29, 1.82) is 0 Å². The van der Waals surface area contributed by atoms with Gasteiger partial charge in [0.05, 0.1) is 39.8 Å². The van der Waals surface area contributed by atoms with Crippen LogP contribution in [0.1, 0.15) is 79.3 Å². The van der Waals surface area contributed by atoms with E-state index >= 15 is 0 Å². The molecule has 2 amide bonds. The Morgan fingerprint density at radius 3 is 2.40 bits per heavy atom. The van der Waals surface area contributed by atoms with E-state index in [0.29, 0.717) is 54.1 Å². The molecule has 13 nitrogen and oxygen atoms in total. The number of nitrogen functional groups attached to an aromatic ring is 2. The molecule has 0 radical (unpaired) electrons. The van der Waals surface area contributed by atoms with E-state index in [9.17, 15) is 19.2 Å². The van der Waals surface area contributed by atoms with Gasteiger partial charge in [-0.1, -0.05) is 32.9 Å². The number of carbonyl (C=O) groups excluding carboxylic acids is 3. The van der Waals surface area contributed by atoms with E-state index in [0.717, 1.165) is 64.4 Å². The number of rotatable bonds is 8. The lowest BCUT2D eigenvalue weighted by molar-refractivity contribution is -0.148. The minimum absolute atomic E-state index is 0.143. The Labute approximate surface area is 294 Å². The Morgan fingerprint density at radius 2 is 1.72 bits per heavy atom. The number of pyridine rings is 2. The Hall–Kier alpha value is -4.95. The van der Waals surface area contributed by atoms with E-state index in [1.165, 1.54) is 12.4 Å². The van der Waals surface area contributed by atoms with Gasteiger partial charge in [0.2, 0.25) is 5.78 Å². The summed E-state index contributed by atoms with van der Waals surface area (Å²) in [6.07, 6.45) is 6.97. The maximum absolute atomic E-state index is 13.3. The highest BCUT2D eigenvalue weighted by Gasteiger charge is 2.34. The number of ketones is 1. The highest BCUT2D eigenvalue weighted by molar-refractivity contribution is 7.18. The van der Waals surface area contributed by atoms with Crippen molar-refractivity contribution in [2.24, 2.45) is 5.92 Å². The van der Waals surface area contributed by atoms with Crippen LogP contribution in [0.25, 0.3) is 10.2 Å². The number of piperidine rings is 1. The standard InChI is InChI=1S/C26H31N5O3S.C10H12N2O3/c1-3-16-10-19(12-28-23(16)27)29-24(32)26(33)31-13-15(2)4-6-21(31)17-5-7-22-20(11-17)30-25(35-22)18-8-9-34-14-18;1-2-7-3-6(5-12-9(7)11)4-8(13)10(14)15/h5,7,10-12,15,18,21H,3-4,6,8-9,13-14H2,1-2H3,(H2,27,28)(H,29,32);3,5H,2,4H2,1H3,(H2,11,12)(H,14,15)/t15-,18?,21+;/m0./s1.